The number of hydrogen-bond donors (Lipinski definition) is 0. The summed E-state index contributed by atoms with van der Waals surface area (Å²) in [6, 6.07) is 15.2. The van der Waals surface area contributed by atoms with Gasteiger partial charge in [0.05, 0.1) is 18.6 Å². The largest absolute Gasteiger partial charge is 0.497 e. The number of nitrogens with zero attached hydrogens (tertiary/aromatic N) is 3. The lowest BCUT2D eigenvalue weighted by Crippen LogP contribution is -2.52. The molecule has 2 saturated heterocycles. The van der Waals surface area contributed by atoms with Crippen molar-refractivity contribution >= 4 is 15.9 Å². The third-order valence-electron chi connectivity index (χ3n) is 6.65. The summed E-state index contributed by atoms with van der Waals surface area (Å²) in [6.07, 6.45) is 2.85. The summed E-state index contributed by atoms with van der Waals surface area (Å²) in [4.78, 5) is 17.5. The van der Waals surface area contributed by atoms with Crippen LogP contribution in [0.4, 0.5) is 0 Å². The van der Waals surface area contributed by atoms with Crippen molar-refractivity contribution in [1.29, 1.82) is 0 Å². The highest BCUT2D eigenvalue weighted by Gasteiger charge is 2.32. The number of piperazine rings is 1. The van der Waals surface area contributed by atoms with Gasteiger partial charge in [-0.3, -0.25) is 9.69 Å². The maximum absolute atomic E-state index is 13.1. The Morgan fingerprint density at radius 1 is 1.03 bits per heavy atom. The molecule has 2 aromatic rings. The zero-order valence-electron chi connectivity index (χ0n) is 19.4. The van der Waals surface area contributed by atoms with Crippen molar-refractivity contribution in [2.75, 3.05) is 46.4 Å². The van der Waals surface area contributed by atoms with Gasteiger partial charge >= 0.3 is 0 Å². The van der Waals surface area contributed by atoms with Gasteiger partial charge in [0.2, 0.25) is 15.9 Å². The van der Waals surface area contributed by atoms with Crippen LogP contribution in [0.5, 0.6) is 5.75 Å². The molecule has 2 aliphatic rings. The van der Waals surface area contributed by atoms with Crippen molar-refractivity contribution < 1.29 is 17.9 Å². The maximum atomic E-state index is 13.1. The Morgan fingerprint density at radius 2 is 1.76 bits per heavy atom. The Morgan fingerprint density at radius 3 is 2.45 bits per heavy atom. The normalized spacial score (nSPS) is 20.2. The Kier molecular flexibility index (Phi) is 7.36. The average Bonchev–Trinajstić information content (AvgIpc) is 3.28. The average molecular weight is 472 g/mol. The minimum Gasteiger partial charge on any atom is -0.497 e. The van der Waals surface area contributed by atoms with E-state index in [4.69, 9.17) is 4.74 Å². The number of benzene rings is 2. The molecule has 2 aromatic carbocycles. The highest BCUT2D eigenvalue weighted by atomic mass is 32.2. The predicted molar refractivity (Wildman–Crippen MR) is 128 cm³/mol. The number of carbonyl (C=O) groups excluding carboxylic acids is 1. The molecule has 0 spiro atoms. The molecule has 33 heavy (non-hydrogen) atoms. The van der Waals surface area contributed by atoms with E-state index in [1.165, 1.54) is 9.87 Å². The highest BCUT2D eigenvalue weighted by molar-refractivity contribution is 7.89. The fourth-order valence-electron chi connectivity index (χ4n) is 4.72. The van der Waals surface area contributed by atoms with Gasteiger partial charge in [-0.2, -0.15) is 4.31 Å². The minimum atomic E-state index is -3.49. The topological polar surface area (TPSA) is 70.2 Å². The van der Waals surface area contributed by atoms with Gasteiger partial charge < -0.3 is 9.64 Å². The molecule has 2 fully saturated rings. The number of hydrogen-bond acceptors (Lipinski definition) is 5. The second-order valence-electron chi connectivity index (χ2n) is 8.93. The number of likely N-dealkylation sites (tertiary alicyclic amines) is 1. The first-order valence-electron chi connectivity index (χ1n) is 11.6. The van der Waals surface area contributed by atoms with Gasteiger partial charge in [-0.1, -0.05) is 29.8 Å². The lowest BCUT2D eigenvalue weighted by atomic mass is 10.0. The van der Waals surface area contributed by atoms with E-state index < -0.39 is 10.0 Å². The molecular weight excluding hydrogens is 438 g/mol. The summed E-state index contributed by atoms with van der Waals surface area (Å²) in [5.41, 5.74) is 2.21. The van der Waals surface area contributed by atoms with Crippen LogP contribution in [-0.4, -0.2) is 80.9 Å². The maximum Gasteiger partial charge on any atom is 0.243 e. The van der Waals surface area contributed by atoms with Crippen molar-refractivity contribution in [3.8, 4) is 5.75 Å². The molecule has 0 bridgehead atoms. The van der Waals surface area contributed by atoms with Gasteiger partial charge in [0, 0.05) is 38.8 Å². The van der Waals surface area contributed by atoms with Gasteiger partial charge in [0.15, 0.2) is 0 Å². The molecule has 4 rings (SSSR count). The number of sulfonamides is 1. The first-order chi connectivity index (χ1) is 15.9. The van der Waals surface area contributed by atoms with Crippen molar-refractivity contribution in [2.45, 2.75) is 37.1 Å². The summed E-state index contributed by atoms with van der Waals surface area (Å²) in [7, 11) is -1.83. The molecule has 0 aliphatic carbocycles. The minimum absolute atomic E-state index is 0.134. The van der Waals surface area contributed by atoms with Crippen LogP contribution in [-0.2, 0) is 21.2 Å². The Hall–Kier alpha value is -2.42. The van der Waals surface area contributed by atoms with E-state index in [2.05, 4.69) is 11.0 Å². The molecule has 2 heterocycles. The van der Waals surface area contributed by atoms with E-state index in [9.17, 15) is 13.2 Å². The molecule has 0 radical (unpaired) electrons. The summed E-state index contributed by atoms with van der Waals surface area (Å²) < 4.78 is 32.7. The van der Waals surface area contributed by atoms with E-state index in [1.807, 2.05) is 42.2 Å². The number of ether oxygens (including phenoxy) is 1. The van der Waals surface area contributed by atoms with Crippen molar-refractivity contribution in [3.05, 3.63) is 59.7 Å². The van der Waals surface area contributed by atoms with Crippen LogP contribution in [0.3, 0.4) is 0 Å². The van der Waals surface area contributed by atoms with Crippen LogP contribution >= 0.6 is 0 Å². The predicted octanol–water partition coefficient (Wildman–Crippen LogP) is 2.54. The van der Waals surface area contributed by atoms with Crippen LogP contribution in [0, 0.1) is 6.92 Å². The molecule has 0 saturated carbocycles. The molecule has 0 N–H and O–H groups in total. The third kappa shape index (κ3) is 5.57. The van der Waals surface area contributed by atoms with Crippen molar-refractivity contribution in [3.63, 3.8) is 0 Å². The van der Waals surface area contributed by atoms with Crippen LogP contribution < -0.4 is 4.74 Å². The van der Waals surface area contributed by atoms with Crippen LogP contribution in [0.15, 0.2) is 53.4 Å². The summed E-state index contributed by atoms with van der Waals surface area (Å²) >= 11 is 0. The molecule has 8 heteroatoms. The van der Waals surface area contributed by atoms with Crippen LogP contribution in [0.25, 0.3) is 0 Å². The molecule has 0 aromatic heterocycles. The summed E-state index contributed by atoms with van der Waals surface area (Å²) in [6.45, 7) is 4.99. The monoisotopic (exact) mass is 471 g/mol. The molecule has 2 aliphatic heterocycles. The van der Waals surface area contributed by atoms with Crippen LogP contribution in [0.2, 0.25) is 0 Å². The third-order valence-corrected chi connectivity index (χ3v) is 8.56. The number of rotatable bonds is 7. The number of aryl methyl sites for hydroxylation is 1. The SMILES string of the molecule is COc1cccc(CC2CCCN2C(=O)CN2CCN(S(=O)(=O)c3ccc(C)cc3)CC2)c1. The molecule has 1 unspecified atom stereocenters. The highest BCUT2D eigenvalue weighted by Crippen LogP contribution is 2.24. The zero-order valence-corrected chi connectivity index (χ0v) is 20.3. The van der Waals surface area contributed by atoms with E-state index >= 15 is 0 Å². The van der Waals surface area contributed by atoms with Gasteiger partial charge in [-0.05, 0) is 56.0 Å². The first-order valence-corrected chi connectivity index (χ1v) is 13.0. The lowest BCUT2D eigenvalue weighted by molar-refractivity contribution is -0.133. The Bertz CT molecular complexity index is 1060. The van der Waals surface area contributed by atoms with Gasteiger partial charge in [-0.25, -0.2) is 8.42 Å². The van der Waals surface area contributed by atoms with E-state index in [0.717, 1.165) is 37.1 Å². The van der Waals surface area contributed by atoms with Gasteiger partial charge in [0.25, 0.3) is 0 Å². The smallest absolute Gasteiger partial charge is 0.243 e. The number of amides is 1. The second kappa shape index (κ2) is 10.2. The van der Waals surface area contributed by atoms with Gasteiger partial charge in [-0.15, -0.1) is 0 Å². The standard InChI is InChI=1S/C25H33N3O4S/c1-20-8-10-24(11-9-20)33(30,31)27-15-13-26(14-16-27)19-25(29)28-12-4-6-22(28)17-21-5-3-7-23(18-21)32-2/h3,5,7-11,18,22H,4,6,12-17,19H2,1-2H3. The molecular formula is C25H33N3O4S. The summed E-state index contributed by atoms with van der Waals surface area (Å²) in [5.74, 6) is 0.970. The second-order valence-corrected chi connectivity index (χ2v) is 10.9. The van der Waals surface area contributed by atoms with E-state index in [0.29, 0.717) is 37.6 Å². The van der Waals surface area contributed by atoms with Crippen molar-refractivity contribution in [2.24, 2.45) is 0 Å². The zero-order chi connectivity index (χ0) is 23.4. The Labute approximate surface area is 197 Å². The molecule has 1 atom stereocenters. The molecule has 1 amide bonds. The molecule has 178 valence electrons. The first kappa shape index (κ1) is 23.7. The van der Waals surface area contributed by atoms with E-state index in [1.54, 1.807) is 19.2 Å². The Balaban J connectivity index is 1.31. The van der Waals surface area contributed by atoms with E-state index in [-0.39, 0.29) is 11.9 Å². The molecule has 7 nitrogen and oxygen atoms in total. The fourth-order valence-corrected chi connectivity index (χ4v) is 6.14. The summed E-state index contributed by atoms with van der Waals surface area (Å²) in [5, 5.41) is 0. The number of carbonyl (C=O) groups is 1. The van der Waals surface area contributed by atoms with Crippen molar-refractivity contribution in [1.82, 2.24) is 14.1 Å². The van der Waals surface area contributed by atoms with Gasteiger partial charge in [0.1, 0.15) is 5.75 Å². The fraction of sp³-hybridized carbons (Fsp3) is 0.480. The number of methoxy groups -OCH3 is 1. The quantitative estimate of drug-likeness (QED) is 0.621. The lowest BCUT2D eigenvalue weighted by Gasteiger charge is -2.35. The van der Waals surface area contributed by atoms with Crippen LogP contribution in [0.1, 0.15) is 24.0 Å².